The number of hydrogen-bond donors (Lipinski definition) is 1. The number of benzene rings is 2. The van der Waals surface area contributed by atoms with Crippen molar-refractivity contribution in [3.8, 4) is 5.69 Å². The number of nitrogens with zero attached hydrogens (tertiary/aromatic N) is 1. The number of aromatic nitrogens is 1. The Morgan fingerprint density at radius 2 is 1.71 bits per heavy atom. The van der Waals surface area contributed by atoms with Crippen molar-refractivity contribution in [1.82, 2.24) is 4.57 Å². The molecule has 0 fully saturated rings. The highest BCUT2D eigenvalue weighted by atomic mass is 79.9. The van der Waals surface area contributed by atoms with E-state index in [0.717, 1.165) is 15.2 Å². The minimum absolute atomic E-state index is 0.0709. The van der Waals surface area contributed by atoms with Gasteiger partial charge in [0.15, 0.2) is 0 Å². The maximum Gasteiger partial charge on any atom is 0.337 e. The van der Waals surface area contributed by atoms with Gasteiger partial charge in [0, 0.05) is 22.1 Å². The number of aromatic carboxylic acids is 1. The molecule has 4 nitrogen and oxygen atoms in total. The van der Waals surface area contributed by atoms with Crippen LogP contribution in [0.25, 0.3) is 16.5 Å². The summed E-state index contributed by atoms with van der Waals surface area (Å²) in [4.78, 5) is 23.2. The minimum atomic E-state index is -1.06. The van der Waals surface area contributed by atoms with Crippen LogP contribution in [0.2, 0.25) is 0 Å². The van der Waals surface area contributed by atoms with Crippen molar-refractivity contribution >= 4 is 32.7 Å². The molecular weight excluding hydrogens is 334 g/mol. The third kappa shape index (κ3) is 2.36. The SMILES string of the molecule is O=C(O)c1ccc(=O)n(-c2ccc(Br)c3ccccc23)c1. The van der Waals surface area contributed by atoms with Gasteiger partial charge in [-0.2, -0.15) is 0 Å². The fraction of sp³-hybridized carbons (Fsp3) is 0. The molecule has 0 aliphatic heterocycles. The number of rotatable bonds is 2. The van der Waals surface area contributed by atoms with Crippen molar-refractivity contribution < 1.29 is 9.90 Å². The van der Waals surface area contributed by atoms with Crippen LogP contribution >= 0.6 is 15.9 Å². The van der Waals surface area contributed by atoms with Crippen molar-refractivity contribution in [2.75, 3.05) is 0 Å². The van der Waals surface area contributed by atoms with Crippen LogP contribution in [0.3, 0.4) is 0 Å². The lowest BCUT2D eigenvalue weighted by atomic mass is 10.1. The molecule has 0 radical (unpaired) electrons. The average Bonchev–Trinajstić information content (AvgIpc) is 2.49. The molecule has 1 aromatic heterocycles. The number of pyridine rings is 1. The van der Waals surface area contributed by atoms with Crippen LogP contribution in [0.15, 0.2) is 64.0 Å². The molecule has 1 N–H and O–H groups in total. The molecule has 0 aliphatic carbocycles. The lowest BCUT2D eigenvalue weighted by Crippen LogP contribution is -2.18. The van der Waals surface area contributed by atoms with E-state index in [4.69, 9.17) is 5.11 Å². The summed E-state index contributed by atoms with van der Waals surface area (Å²) in [5, 5.41) is 10.9. The van der Waals surface area contributed by atoms with Gasteiger partial charge in [0.05, 0.1) is 11.3 Å². The first-order valence-corrected chi connectivity index (χ1v) is 7.01. The van der Waals surface area contributed by atoms with Gasteiger partial charge in [-0.3, -0.25) is 9.36 Å². The first-order chi connectivity index (χ1) is 10.1. The van der Waals surface area contributed by atoms with E-state index in [1.54, 1.807) is 6.07 Å². The zero-order valence-corrected chi connectivity index (χ0v) is 12.4. The number of carbonyl (C=O) groups is 1. The molecule has 0 bridgehead atoms. The number of hydrogen-bond acceptors (Lipinski definition) is 2. The summed E-state index contributed by atoms with van der Waals surface area (Å²) in [5.41, 5.74) is 0.455. The Labute approximate surface area is 128 Å². The van der Waals surface area contributed by atoms with Gasteiger partial charge in [-0.05, 0) is 23.6 Å². The predicted octanol–water partition coefficient (Wildman–Crippen LogP) is 3.45. The molecule has 0 spiro atoms. The van der Waals surface area contributed by atoms with Crippen LogP contribution < -0.4 is 5.56 Å². The molecule has 3 rings (SSSR count). The second-order valence-corrected chi connectivity index (χ2v) is 5.40. The fourth-order valence-corrected chi connectivity index (χ4v) is 2.74. The van der Waals surface area contributed by atoms with E-state index < -0.39 is 5.97 Å². The largest absolute Gasteiger partial charge is 0.478 e. The van der Waals surface area contributed by atoms with Gasteiger partial charge in [-0.25, -0.2) is 4.79 Å². The van der Waals surface area contributed by atoms with E-state index in [9.17, 15) is 9.59 Å². The quantitative estimate of drug-likeness (QED) is 0.775. The van der Waals surface area contributed by atoms with Crippen molar-refractivity contribution in [2.24, 2.45) is 0 Å². The van der Waals surface area contributed by atoms with Gasteiger partial charge in [0.1, 0.15) is 0 Å². The van der Waals surface area contributed by atoms with Crippen LogP contribution in [0.5, 0.6) is 0 Å². The van der Waals surface area contributed by atoms with E-state index >= 15 is 0 Å². The smallest absolute Gasteiger partial charge is 0.337 e. The van der Waals surface area contributed by atoms with Gasteiger partial charge >= 0.3 is 5.97 Å². The zero-order valence-electron chi connectivity index (χ0n) is 10.8. The normalized spacial score (nSPS) is 10.7. The van der Waals surface area contributed by atoms with Gasteiger partial charge < -0.3 is 5.11 Å². The Morgan fingerprint density at radius 3 is 2.43 bits per heavy atom. The third-order valence-electron chi connectivity index (χ3n) is 3.27. The molecule has 0 atom stereocenters. The summed E-state index contributed by atoms with van der Waals surface area (Å²) in [5.74, 6) is -1.06. The Hall–Kier alpha value is -2.40. The molecule has 0 aliphatic rings. The maximum atomic E-state index is 12.1. The molecule has 104 valence electrons. The number of halogens is 1. The van der Waals surface area contributed by atoms with Crippen molar-refractivity contribution in [3.63, 3.8) is 0 Å². The second-order valence-electron chi connectivity index (χ2n) is 4.54. The molecule has 5 heteroatoms. The standard InChI is InChI=1S/C16H10BrNO3/c17-13-6-7-14(12-4-2-1-3-11(12)13)18-9-10(16(20)21)5-8-15(18)19/h1-9H,(H,20,21). The van der Waals surface area contributed by atoms with Crippen molar-refractivity contribution in [2.45, 2.75) is 0 Å². The predicted molar refractivity (Wildman–Crippen MR) is 84.2 cm³/mol. The lowest BCUT2D eigenvalue weighted by molar-refractivity contribution is 0.0696. The van der Waals surface area contributed by atoms with Gasteiger partial charge in [-0.1, -0.05) is 40.2 Å². The Morgan fingerprint density at radius 1 is 1.00 bits per heavy atom. The number of carboxylic acids is 1. The highest BCUT2D eigenvalue weighted by molar-refractivity contribution is 9.10. The summed E-state index contributed by atoms with van der Waals surface area (Å²) < 4.78 is 2.28. The summed E-state index contributed by atoms with van der Waals surface area (Å²) in [6, 6.07) is 13.8. The van der Waals surface area contributed by atoms with Crippen LogP contribution in [-0.4, -0.2) is 15.6 Å². The highest BCUT2D eigenvalue weighted by Crippen LogP contribution is 2.28. The summed E-state index contributed by atoms with van der Waals surface area (Å²) in [6.07, 6.45) is 1.35. The lowest BCUT2D eigenvalue weighted by Gasteiger charge is -2.11. The third-order valence-corrected chi connectivity index (χ3v) is 3.96. The van der Waals surface area contributed by atoms with Gasteiger partial charge in [0.2, 0.25) is 0 Å². The van der Waals surface area contributed by atoms with Crippen LogP contribution in [0.4, 0.5) is 0 Å². The van der Waals surface area contributed by atoms with E-state index in [1.807, 2.05) is 30.3 Å². The molecule has 3 aromatic rings. The molecular formula is C16H10BrNO3. The second kappa shape index (κ2) is 5.18. The Bertz CT molecular complexity index is 915. The summed E-state index contributed by atoms with van der Waals surface area (Å²) in [7, 11) is 0. The first kappa shape index (κ1) is 13.6. The molecule has 0 amide bonds. The number of fused-ring (bicyclic) bond motifs is 1. The maximum absolute atomic E-state index is 12.1. The van der Waals surface area contributed by atoms with Crippen LogP contribution in [-0.2, 0) is 0 Å². The van der Waals surface area contributed by atoms with E-state index in [0.29, 0.717) is 5.69 Å². The van der Waals surface area contributed by atoms with E-state index in [2.05, 4.69) is 15.9 Å². The van der Waals surface area contributed by atoms with Gasteiger partial charge in [0.25, 0.3) is 5.56 Å². The molecule has 0 saturated heterocycles. The summed E-state index contributed by atoms with van der Waals surface area (Å²) >= 11 is 3.48. The topological polar surface area (TPSA) is 59.3 Å². The van der Waals surface area contributed by atoms with E-state index in [1.165, 1.54) is 22.9 Å². The van der Waals surface area contributed by atoms with E-state index in [-0.39, 0.29) is 11.1 Å². The zero-order chi connectivity index (χ0) is 15.0. The molecule has 1 heterocycles. The van der Waals surface area contributed by atoms with Crippen LogP contribution in [0.1, 0.15) is 10.4 Å². The molecule has 0 saturated carbocycles. The highest BCUT2D eigenvalue weighted by Gasteiger charge is 2.10. The molecule has 21 heavy (non-hydrogen) atoms. The minimum Gasteiger partial charge on any atom is -0.478 e. The van der Waals surface area contributed by atoms with Crippen LogP contribution in [0, 0.1) is 0 Å². The molecule has 2 aromatic carbocycles. The monoisotopic (exact) mass is 343 g/mol. The first-order valence-electron chi connectivity index (χ1n) is 6.21. The molecule has 0 unspecified atom stereocenters. The average molecular weight is 344 g/mol. The van der Waals surface area contributed by atoms with Gasteiger partial charge in [-0.15, -0.1) is 0 Å². The number of carboxylic acid groups (broad SMARTS) is 1. The van der Waals surface area contributed by atoms with Crippen molar-refractivity contribution in [3.05, 3.63) is 75.1 Å². The van der Waals surface area contributed by atoms with Crippen molar-refractivity contribution in [1.29, 1.82) is 0 Å². The fourth-order valence-electron chi connectivity index (χ4n) is 2.26. The summed E-state index contributed by atoms with van der Waals surface area (Å²) in [6.45, 7) is 0. The Balaban J connectivity index is 2.36. The Kier molecular flexibility index (Phi) is 3.35.